The molecule has 36 heavy (non-hydrogen) atoms. The lowest BCUT2D eigenvalue weighted by Crippen LogP contribution is -2.42. The second-order valence-corrected chi connectivity index (χ2v) is 9.36. The summed E-state index contributed by atoms with van der Waals surface area (Å²) in [4.78, 5) is 22.1. The zero-order chi connectivity index (χ0) is 25.1. The minimum atomic E-state index is -0.154. The zero-order valence-corrected chi connectivity index (χ0v) is 21.1. The molecule has 2 aliphatic rings. The predicted molar refractivity (Wildman–Crippen MR) is 139 cm³/mol. The average molecular weight is 509 g/mol. The number of nitrogens with one attached hydrogen (secondary N) is 2. The smallest absolute Gasteiger partial charge is 0.255 e. The van der Waals surface area contributed by atoms with Crippen molar-refractivity contribution in [2.24, 2.45) is 0 Å². The lowest BCUT2D eigenvalue weighted by Gasteiger charge is -2.30. The Kier molecular flexibility index (Phi) is 7.16. The van der Waals surface area contributed by atoms with Crippen LogP contribution in [0.1, 0.15) is 35.8 Å². The number of aromatic amines is 1. The van der Waals surface area contributed by atoms with Gasteiger partial charge in [-0.1, -0.05) is 17.7 Å². The van der Waals surface area contributed by atoms with Gasteiger partial charge in [0, 0.05) is 50.3 Å². The number of rotatable bonds is 9. The number of ether oxygens (including phenoxy) is 3. The van der Waals surface area contributed by atoms with E-state index in [0.717, 1.165) is 55.1 Å². The molecule has 5 rings (SSSR count). The van der Waals surface area contributed by atoms with Gasteiger partial charge in [-0.05, 0) is 50.1 Å². The molecular weight excluding hydrogens is 480 g/mol. The largest absolute Gasteiger partial charge is 0.488 e. The fraction of sp³-hybridized carbons (Fsp3) is 0.333. The normalized spacial score (nSPS) is 15.6. The minimum Gasteiger partial charge on any atom is -0.488 e. The van der Waals surface area contributed by atoms with Crippen LogP contribution in [-0.4, -0.2) is 60.2 Å². The molecule has 2 N–H and O–H groups in total. The third-order valence-electron chi connectivity index (χ3n) is 6.13. The maximum atomic E-state index is 12.5. The number of hydrogen-bond donors (Lipinski definition) is 2. The van der Waals surface area contributed by atoms with Crippen molar-refractivity contribution in [3.63, 3.8) is 0 Å². The quantitative estimate of drug-likeness (QED) is 0.417. The molecule has 0 bridgehead atoms. The van der Waals surface area contributed by atoms with Gasteiger partial charge in [0.1, 0.15) is 22.6 Å². The van der Waals surface area contributed by atoms with Crippen LogP contribution in [0.2, 0.25) is 5.02 Å². The summed E-state index contributed by atoms with van der Waals surface area (Å²) in [6.07, 6.45) is 5.56. The maximum absolute atomic E-state index is 12.5. The Labute approximate surface area is 215 Å². The number of carbonyl (C=O) groups excluding carboxylic acids is 1. The number of halogens is 1. The molecule has 0 unspecified atom stereocenters. The Morgan fingerprint density at radius 2 is 1.97 bits per heavy atom. The predicted octanol–water partition coefficient (Wildman–Crippen LogP) is 5.12. The monoisotopic (exact) mass is 508 g/mol. The number of aromatic nitrogens is 2. The number of methoxy groups -OCH3 is 1. The van der Waals surface area contributed by atoms with Crippen molar-refractivity contribution in [2.75, 3.05) is 33.4 Å². The van der Waals surface area contributed by atoms with E-state index < -0.39 is 0 Å². The number of nitrogens with zero attached hydrogens (tertiary/aromatic N) is 2. The molecule has 3 aromatic rings. The van der Waals surface area contributed by atoms with Crippen LogP contribution >= 0.6 is 11.6 Å². The standard InChI is InChI=1S/C27H29ClN4O4/c1-17(16-34-2)35-20-11-18(23-6-7-25(31-23)24-5-3-8-29-24)12-21(14-20)36-26-22(28)13-19(15-30-26)27(33)32-9-4-10-32/h5-7,11-15,17,29,31H,3-4,8-10,16H2,1-2H3/t17-/m0/s1. The molecule has 8 nitrogen and oxygen atoms in total. The minimum absolute atomic E-state index is 0.0681. The first-order valence-corrected chi connectivity index (χ1v) is 12.4. The second kappa shape index (κ2) is 10.6. The van der Waals surface area contributed by atoms with Crippen molar-refractivity contribution in [2.45, 2.75) is 25.9 Å². The van der Waals surface area contributed by atoms with E-state index >= 15 is 0 Å². The van der Waals surface area contributed by atoms with Gasteiger partial charge in [-0.2, -0.15) is 0 Å². The number of pyridine rings is 1. The Morgan fingerprint density at radius 3 is 2.67 bits per heavy atom. The van der Waals surface area contributed by atoms with E-state index in [1.807, 2.05) is 31.2 Å². The van der Waals surface area contributed by atoms with Gasteiger partial charge in [-0.25, -0.2) is 4.98 Å². The third kappa shape index (κ3) is 5.34. The molecule has 0 aliphatic carbocycles. The van der Waals surface area contributed by atoms with Crippen molar-refractivity contribution in [1.82, 2.24) is 20.2 Å². The van der Waals surface area contributed by atoms with Crippen molar-refractivity contribution in [1.29, 1.82) is 0 Å². The molecule has 1 aromatic carbocycles. The third-order valence-corrected chi connectivity index (χ3v) is 6.40. The van der Waals surface area contributed by atoms with Gasteiger partial charge in [0.15, 0.2) is 0 Å². The highest BCUT2D eigenvalue weighted by molar-refractivity contribution is 6.32. The molecule has 1 saturated heterocycles. The van der Waals surface area contributed by atoms with Crippen LogP contribution in [0, 0.1) is 0 Å². The van der Waals surface area contributed by atoms with Crippen LogP contribution in [0.4, 0.5) is 0 Å². The fourth-order valence-corrected chi connectivity index (χ4v) is 4.41. The Balaban J connectivity index is 1.42. The van der Waals surface area contributed by atoms with Gasteiger partial charge in [0.2, 0.25) is 5.88 Å². The number of carbonyl (C=O) groups is 1. The van der Waals surface area contributed by atoms with Crippen LogP contribution in [0.3, 0.4) is 0 Å². The van der Waals surface area contributed by atoms with Crippen LogP contribution in [0.15, 0.2) is 48.7 Å². The first-order chi connectivity index (χ1) is 17.5. The number of H-pyrrole nitrogens is 1. The summed E-state index contributed by atoms with van der Waals surface area (Å²) >= 11 is 6.46. The topological polar surface area (TPSA) is 88.7 Å². The first kappa shape index (κ1) is 24.2. The molecule has 1 fully saturated rings. The van der Waals surface area contributed by atoms with Gasteiger partial charge in [0.05, 0.1) is 23.6 Å². The highest BCUT2D eigenvalue weighted by atomic mass is 35.5. The van der Waals surface area contributed by atoms with Crippen LogP contribution < -0.4 is 14.8 Å². The van der Waals surface area contributed by atoms with Gasteiger partial charge in [-0.3, -0.25) is 4.79 Å². The van der Waals surface area contributed by atoms with E-state index in [0.29, 0.717) is 23.7 Å². The van der Waals surface area contributed by atoms with E-state index in [9.17, 15) is 4.79 Å². The van der Waals surface area contributed by atoms with Crippen molar-refractivity contribution in [3.8, 4) is 28.6 Å². The Morgan fingerprint density at radius 1 is 1.17 bits per heavy atom. The molecule has 0 saturated carbocycles. The summed E-state index contributed by atoms with van der Waals surface area (Å²) in [6, 6.07) is 11.3. The summed E-state index contributed by atoms with van der Waals surface area (Å²) in [6.45, 7) is 4.86. The molecule has 2 aliphatic heterocycles. The number of amides is 1. The molecule has 1 amide bonds. The molecule has 2 aromatic heterocycles. The highest BCUT2D eigenvalue weighted by Gasteiger charge is 2.23. The average Bonchev–Trinajstić information content (AvgIpc) is 3.51. The number of benzene rings is 1. The van der Waals surface area contributed by atoms with Gasteiger partial charge < -0.3 is 29.4 Å². The maximum Gasteiger partial charge on any atom is 0.255 e. The van der Waals surface area contributed by atoms with Crippen LogP contribution in [0.5, 0.6) is 17.4 Å². The second-order valence-electron chi connectivity index (χ2n) is 8.95. The molecular formula is C27H29ClN4O4. The van der Waals surface area contributed by atoms with E-state index in [1.165, 1.54) is 6.20 Å². The van der Waals surface area contributed by atoms with Gasteiger partial charge >= 0.3 is 0 Å². The van der Waals surface area contributed by atoms with Crippen molar-refractivity contribution in [3.05, 3.63) is 65.0 Å². The van der Waals surface area contributed by atoms with Gasteiger partial charge in [-0.15, -0.1) is 0 Å². The van der Waals surface area contributed by atoms with E-state index in [-0.39, 0.29) is 22.9 Å². The van der Waals surface area contributed by atoms with Gasteiger partial charge in [0.25, 0.3) is 5.91 Å². The number of likely N-dealkylation sites (tertiary alicyclic amines) is 1. The summed E-state index contributed by atoms with van der Waals surface area (Å²) in [5.41, 5.74) is 4.38. The SMILES string of the molecule is COC[C@H](C)Oc1cc(Oc2ncc(C(=O)N3CCC3)cc2Cl)cc(-c2ccc(C3=CCCN3)[nH]2)c1. The summed E-state index contributed by atoms with van der Waals surface area (Å²) in [7, 11) is 1.64. The molecule has 1 atom stereocenters. The van der Waals surface area contributed by atoms with Crippen molar-refractivity contribution >= 4 is 23.2 Å². The summed E-state index contributed by atoms with van der Waals surface area (Å²) < 4.78 is 17.4. The zero-order valence-electron chi connectivity index (χ0n) is 20.3. The van der Waals surface area contributed by atoms with Crippen LogP contribution in [-0.2, 0) is 4.74 Å². The molecule has 188 valence electrons. The fourth-order valence-electron chi connectivity index (χ4n) is 4.21. The van der Waals surface area contributed by atoms with Crippen LogP contribution in [0.25, 0.3) is 17.0 Å². The molecule has 4 heterocycles. The van der Waals surface area contributed by atoms with E-state index in [4.69, 9.17) is 25.8 Å². The Hall–Kier alpha value is -3.49. The van der Waals surface area contributed by atoms with Crippen molar-refractivity contribution < 1.29 is 19.0 Å². The van der Waals surface area contributed by atoms with E-state index in [2.05, 4.69) is 21.4 Å². The summed E-state index contributed by atoms with van der Waals surface area (Å²) in [5.74, 6) is 1.29. The number of hydrogen-bond acceptors (Lipinski definition) is 6. The lowest BCUT2D eigenvalue weighted by molar-refractivity contribution is 0.0651. The first-order valence-electron chi connectivity index (χ1n) is 12.1. The highest BCUT2D eigenvalue weighted by Crippen LogP contribution is 2.35. The Bertz CT molecular complexity index is 1280. The molecule has 0 radical (unpaired) electrons. The summed E-state index contributed by atoms with van der Waals surface area (Å²) in [5, 5.41) is 3.65. The molecule has 9 heteroatoms. The lowest BCUT2D eigenvalue weighted by atomic mass is 10.1. The van der Waals surface area contributed by atoms with E-state index in [1.54, 1.807) is 24.1 Å². The molecule has 0 spiro atoms.